The zero-order chi connectivity index (χ0) is 17.2. The van der Waals surface area contributed by atoms with Crippen molar-refractivity contribution in [2.75, 3.05) is 13.6 Å². The van der Waals surface area contributed by atoms with Crippen molar-refractivity contribution in [3.8, 4) is 0 Å². The van der Waals surface area contributed by atoms with Crippen LogP contribution in [0.1, 0.15) is 52.2 Å². The topological polar surface area (TPSA) is 39.7 Å². The lowest BCUT2D eigenvalue weighted by molar-refractivity contribution is 0.265. The number of aliphatic imine (C=N–C) groups is 1. The van der Waals surface area contributed by atoms with Crippen molar-refractivity contribution >= 4 is 5.96 Å². The Labute approximate surface area is 142 Å². The molecule has 0 aliphatic carbocycles. The number of hydrogen-bond acceptors (Lipinski definition) is 2. The molecule has 0 spiro atoms. The third kappa shape index (κ3) is 7.04. The normalized spacial score (nSPS) is 13.5. The summed E-state index contributed by atoms with van der Waals surface area (Å²) in [7, 11) is 2.17. The van der Waals surface area contributed by atoms with Gasteiger partial charge in [0.2, 0.25) is 0 Å². The SMILES string of the molecule is CCNC(=NCc1ccccc1CN(C)C(C)C)NC(C)CC. The molecular formula is C19H34N4. The molecule has 1 aromatic rings. The van der Waals surface area contributed by atoms with Crippen LogP contribution in [0, 0.1) is 0 Å². The summed E-state index contributed by atoms with van der Waals surface area (Å²) in [6, 6.07) is 9.56. The predicted octanol–water partition coefficient (Wildman–Crippen LogP) is 3.38. The van der Waals surface area contributed by atoms with Gasteiger partial charge in [-0.2, -0.15) is 0 Å². The van der Waals surface area contributed by atoms with Crippen molar-refractivity contribution < 1.29 is 0 Å². The molecule has 0 aromatic heterocycles. The van der Waals surface area contributed by atoms with E-state index in [2.05, 4.69) is 81.5 Å². The monoisotopic (exact) mass is 318 g/mol. The van der Waals surface area contributed by atoms with Crippen LogP contribution in [0.3, 0.4) is 0 Å². The second-order valence-electron chi connectivity index (χ2n) is 6.43. The first-order chi connectivity index (χ1) is 11.0. The van der Waals surface area contributed by atoms with Crippen LogP contribution in [0.25, 0.3) is 0 Å². The van der Waals surface area contributed by atoms with Gasteiger partial charge >= 0.3 is 0 Å². The van der Waals surface area contributed by atoms with Crippen molar-refractivity contribution in [1.82, 2.24) is 15.5 Å². The summed E-state index contributed by atoms with van der Waals surface area (Å²) in [4.78, 5) is 7.11. The van der Waals surface area contributed by atoms with Gasteiger partial charge in [0.1, 0.15) is 0 Å². The maximum atomic E-state index is 4.76. The minimum atomic E-state index is 0.426. The molecule has 4 nitrogen and oxygen atoms in total. The zero-order valence-corrected chi connectivity index (χ0v) is 15.7. The van der Waals surface area contributed by atoms with Crippen LogP contribution < -0.4 is 10.6 Å². The molecule has 0 heterocycles. The lowest BCUT2D eigenvalue weighted by atomic mass is 10.1. The molecule has 23 heavy (non-hydrogen) atoms. The molecule has 2 N–H and O–H groups in total. The number of rotatable bonds is 8. The molecule has 0 saturated heterocycles. The van der Waals surface area contributed by atoms with Crippen LogP contribution in [0.15, 0.2) is 29.3 Å². The van der Waals surface area contributed by atoms with E-state index < -0.39 is 0 Å². The summed E-state index contributed by atoms with van der Waals surface area (Å²) in [6.07, 6.45) is 1.08. The quantitative estimate of drug-likeness (QED) is 0.570. The molecule has 130 valence electrons. The van der Waals surface area contributed by atoms with E-state index in [0.717, 1.165) is 25.5 Å². The average molecular weight is 319 g/mol. The number of guanidine groups is 1. The fourth-order valence-corrected chi connectivity index (χ4v) is 2.14. The highest BCUT2D eigenvalue weighted by atomic mass is 15.2. The largest absolute Gasteiger partial charge is 0.357 e. The van der Waals surface area contributed by atoms with Crippen molar-refractivity contribution in [3.63, 3.8) is 0 Å². The molecule has 0 saturated carbocycles. The second kappa shape index (κ2) is 10.3. The lowest BCUT2D eigenvalue weighted by Crippen LogP contribution is -2.42. The number of hydrogen-bond donors (Lipinski definition) is 2. The highest BCUT2D eigenvalue weighted by Gasteiger charge is 2.08. The Balaban J connectivity index is 2.83. The highest BCUT2D eigenvalue weighted by Crippen LogP contribution is 2.13. The average Bonchev–Trinajstić information content (AvgIpc) is 2.53. The third-order valence-electron chi connectivity index (χ3n) is 4.17. The molecule has 0 aliphatic heterocycles. The summed E-state index contributed by atoms with van der Waals surface area (Å²) in [5.74, 6) is 0.897. The highest BCUT2D eigenvalue weighted by molar-refractivity contribution is 5.80. The van der Waals surface area contributed by atoms with E-state index in [4.69, 9.17) is 4.99 Å². The Morgan fingerprint density at radius 1 is 1.13 bits per heavy atom. The van der Waals surface area contributed by atoms with Crippen LogP contribution in [-0.2, 0) is 13.1 Å². The van der Waals surface area contributed by atoms with Crippen LogP contribution >= 0.6 is 0 Å². The summed E-state index contributed by atoms with van der Waals surface area (Å²) in [5.41, 5.74) is 2.65. The standard InChI is InChI=1S/C19H34N4/c1-7-16(5)22-19(20-8-2)21-13-17-11-9-10-12-18(17)14-23(6)15(3)4/h9-12,15-16H,7-8,13-14H2,1-6H3,(H2,20,21,22). The number of nitrogens with zero attached hydrogens (tertiary/aromatic N) is 2. The van der Waals surface area contributed by atoms with Gasteiger partial charge in [-0.25, -0.2) is 4.99 Å². The fraction of sp³-hybridized carbons (Fsp3) is 0.632. The Hall–Kier alpha value is -1.55. The van der Waals surface area contributed by atoms with Crippen LogP contribution in [0.2, 0.25) is 0 Å². The molecule has 1 unspecified atom stereocenters. The van der Waals surface area contributed by atoms with Crippen LogP contribution in [-0.4, -0.2) is 36.5 Å². The van der Waals surface area contributed by atoms with Gasteiger partial charge in [0.25, 0.3) is 0 Å². The zero-order valence-electron chi connectivity index (χ0n) is 15.7. The van der Waals surface area contributed by atoms with Gasteiger partial charge in [0.15, 0.2) is 5.96 Å². The van der Waals surface area contributed by atoms with Gasteiger partial charge in [-0.3, -0.25) is 4.90 Å². The Morgan fingerprint density at radius 2 is 1.78 bits per heavy atom. The summed E-state index contributed by atoms with van der Waals surface area (Å²) < 4.78 is 0. The van der Waals surface area contributed by atoms with Crippen molar-refractivity contribution in [2.24, 2.45) is 4.99 Å². The van der Waals surface area contributed by atoms with E-state index in [1.54, 1.807) is 0 Å². The summed E-state index contributed by atoms with van der Waals surface area (Å²) in [5, 5.41) is 6.77. The molecule has 4 heteroatoms. The minimum Gasteiger partial charge on any atom is -0.357 e. The number of nitrogens with one attached hydrogen (secondary N) is 2. The molecular weight excluding hydrogens is 284 g/mol. The second-order valence-corrected chi connectivity index (χ2v) is 6.43. The Bertz CT molecular complexity index is 482. The van der Waals surface area contributed by atoms with Gasteiger partial charge in [0.05, 0.1) is 6.54 Å². The summed E-state index contributed by atoms with van der Waals surface area (Å²) in [6.45, 7) is 13.4. The van der Waals surface area contributed by atoms with Gasteiger partial charge in [-0.15, -0.1) is 0 Å². The first kappa shape index (κ1) is 19.5. The molecule has 0 bridgehead atoms. The van der Waals surface area contributed by atoms with E-state index in [1.807, 2.05) is 0 Å². The van der Waals surface area contributed by atoms with E-state index >= 15 is 0 Å². The maximum Gasteiger partial charge on any atom is 0.191 e. The molecule has 1 aromatic carbocycles. The van der Waals surface area contributed by atoms with E-state index in [1.165, 1.54) is 11.1 Å². The fourth-order valence-electron chi connectivity index (χ4n) is 2.14. The van der Waals surface area contributed by atoms with Gasteiger partial charge in [-0.05, 0) is 52.3 Å². The predicted molar refractivity (Wildman–Crippen MR) is 101 cm³/mol. The Kier molecular flexibility index (Phi) is 8.70. The minimum absolute atomic E-state index is 0.426. The van der Waals surface area contributed by atoms with E-state index in [0.29, 0.717) is 18.6 Å². The molecule has 0 fully saturated rings. The molecule has 0 radical (unpaired) electrons. The van der Waals surface area contributed by atoms with Crippen molar-refractivity contribution in [3.05, 3.63) is 35.4 Å². The summed E-state index contributed by atoms with van der Waals surface area (Å²) >= 11 is 0. The molecule has 1 atom stereocenters. The third-order valence-corrected chi connectivity index (χ3v) is 4.17. The van der Waals surface area contributed by atoms with E-state index in [-0.39, 0.29) is 0 Å². The van der Waals surface area contributed by atoms with Gasteiger partial charge < -0.3 is 10.6 Å². The first-order valence-electron chi connectivity index (χ1n) is 8.79. The smallest absolute Gasteiger partial charge is 0.191 e. The maximum absolute atomic E-state index is 4.76. The Morgan fingerprint density at radius 3 is 2.35 bits per heavy atom. The molecule has 0 aliphatic rings. The van der Waals surface area contributed by atoms with Gasteiger partial charge in [0, 0.05) is 25.2 Å². The molecule has 1 rings (SSSR count). The molecule has 0 amide bonds. The van der Waals surface area contributed by atoms with Crippen molar-refractivity contribution in [1.29, 1.82) is 0 Å². The van der Waals surface area contributed by atoms with Crippen LogP contribution in [0.4, 0.5) is 0 Å². The van der Waals surface area contributed by atoms with Crippen LogP contribution in [0.5, 0.6) is 0 Å². The first-order valence-corrected chi connectivity index (χ1v) is 8.79. The van der Waals surface area contributed by atoms with Crippen molar-refractivity contribution in [2.45, 2.75) is 66.2 Å². The number of benzene rings is 1. The van der Waals surface area contributed by atoms with E-state index in [9.17, 15) is 0 Å². The van der Waals surface area contributed by atoms with Gasteiger partial charge in [-0.1, -0.05) is 31.2 Å². The lowest BCUT2D eigenvalue weighted by Gasteiger charge is -2.22.